The molecule has 1 saturated carbocycles. The summed E-state index contributed by atoms with van der Waals surface area (Å²) in [6, 6.07) is 18.8. The Morgan fingerprint density at radius 2 is 1.84 bits per heavy atom. The molecule has 0 spiro atoms. The first kappa shape index (κ1) is 12.0. The number of benzene rings is 2. The van der Waals surface area contributed by atoms with Crippen molar-refractivity contribution >= 4 is 0 Å². The lowest BCUT2D eigenvalue weighted by Crippen LogP contribution is -2.14. The third-order valence-electron chi connectivity index (χ3n) is 4.05. The van der Waals surface area contributed by atoms with E-state index in [1.165, 1.54) is 36.0 Å². The van der Waals surface area contributed by atoms with Crippen LogP contribution in [0.1, 0.15) is 30.4 Å². The van der Waals surface area contributed by atoms with Gasteiger partial charge in [0.1, 0.15) is 0 Å². The molecular formula is C18H17N. The number of rotatable bonds is 3. The largest absolute Gasteiger partial charge is 0.192 e. The van der Waals surface area contributed by atoms with E-state index in [-0.39, 0.29) is 0 Å². The monoisotopic (exact) mass is 247 g/mol. The van der Waals surface area contributed by atoms with Gasteiger partial charge in [0.25, 0.3) is 0 Å². The van der Waals surface area contributed by atoms with Crippen LogP contribution in [0.5, 0.6) is 0 Å². The van der Waals surface area contributed by atoms with Crippen LogP contribution in [0.15, 0.2) is 48.5 Å². The summed E-state index contributed by atoms with van der Waals surface area (Å²) in [6.45, 7) is 0. The first-order valence-corrected chi connectivity index (χ1v) is 6.95. The fraction of sp³-hybridized carbons (Fsp3) is 0.278. The van der Waals surface area contributed by atoms with Gasteiger partial charge in [0.2, 0.25) is 0 Å². The van der Waals surface area contributed by atoms with E-state index in [4.69, 9.17) is 5.26 Å². The van der Waals surface area contributed by atoms with Crippen molar-refractivity contribution in [1.29, 1.82) is 5.26 Å². The van der Waals surface area contributed by atoms with E-state index >= 15 is 0 Å². The molecule has 0 aliphatic heterocycles. The van der Waals surface area contributed by atoms with E-state index in [0.29, 0.717) is 0 Å². The Labute approximate surface area is 114 Å². The van der Waals surface area contributed by atoms with Crippen LogP contribution in [0.3, 0.4) is 0 Å². The minimum absolute atomic E-state index is 0.772. The molecule has 0 bridgehead atoms. The molecule has 0 aromatic heterocycles. The fourth-order valence-electron chi connectivity index (χ4n) is 2.74. The van der Waals surface area contributed by atoms with Gasteiger partial charge in [-0.05, 0) is 41.2 Å². The standard InChI is InChI=1S/C18H17N/c19-13-15-9-10-18(16-7-2-1-3-8-16)17(12-15)11-14-5-4-6-14/h1-3,7-10,12,14H,4-6,11H2. The summed E-state index contributed by atoms with van der Waals surface area (Å²) >= 11 is 0. The van der Waals surface area contributed by atoms with Crippen molar-refractivity contribution in [3.05, 3.63) is 59.7 Å². The Morgan fingerprint density at radius 1 is 1.05 bits per heavy atom. The summed E-state index contributed by atoms with van der Waals surface area (Å²) in [4.78, 5) is 0. The van der Waals surface area contributed by atoms with Crippen LogP contribution >= 0.6 is 0 Å². The van der Waals surface area contributed by atoms with E-state index in [2.05, 4.69) is 42.5 Å². The summed E-state index contributed by atoms with van der Waals surface area (Å²) in [5, 5.41) is 9.08. The highest BCUT2D eigenvalue weighted by Gasteiger charge is 2.19. The number of nitriles is 1. The minimum atomic E-state index is 0.772. The maximum atomic E-state index is 9.08. The minimum Gasteiger partial charge on any atom is -0.192 e. The third kappa shape index (κ3) is 2.53. The highest BCUT2D eigenvalue weighted by Crippen LogP contribution is 2.33. The molecule has 94 valence electrons. The number of nitrogens with zero attached hydrogens (tertiary/aromatic N) is 1. The lowest BCUT2D eigenvalue weighted by atomic mass is 9.79. The van der Waals surface area contributed by atoms with E-state index < -0.39 is 0 Å². The quantitative estimate of drug-likeness (QED) is 0.779. The van der Waals surface area contributed by atoms with Crippen molar-refractivity contribution in [2.75, 3.05) is 0 Å². The highest BCUT2D eigenvalue weighted by atomic mass is 14.3. The van der Waals surface area contributed by atoms with E-state index in [1.807, 2.05) is 12.1 Å². The topological polar surface area (TPSA) is 23.8 Å². The Morgan fingerprint density at radius 3 is 2.47 bits per heavy atom. The lowest BCUT2D eigenvalue weighted by molar-refractivity contribution is 0.314. The molecule has 2 aromatic carbocycles. The third-order valence-corrected chi connectivity index (χ3v) is 4.05. The Kier molecular flexibility index (Phi) is 3.33. The van der Waals surface area contributed by atoms with Crippen LogP contribution in [-0.4, -0.2) is 0 Å². The smallest absolute Gasteiger partial charge is 0.0991 e. The molecular weight excluding hydrogens is 230 g/mol. The maximum absolute atomic E-state index is 9.08. The van der Waals surface area contributed by atoms with Gasteiger partial charge in [-0.15, -0.1) is 0 Å². The van der Waals surface area contributed by atoms with Gasteiger partial charge in [-0.1, -0.05) is 55.7 Å². The SMILES string of the molecule is N#Cc1ccc(-c2ccccc2)c(CC2CCC2)c1. The molecule has 1 aliphatic rings. The molecule has 2 aromatic rings. The van der Waals surface area contributed by atoms with Gasteiger partial charge in [-0.3, -0.25) is 0 Å². The van der Waals surface area contributed by atoms with Gasteiger partial charge < -0.3 is 0 Å². The second-order valence-electron chi connectivity index (χ2n) is 5.35. The van der Waals surface area contributed by atoms with Crippen LogP contribution < -0.4 is 0 Å². The summed E-state index contributed by atoms with van der Waals surface area (Å²) < 4.78 is 0. The molecule has 0 N–H and O–H groups in total. The van der Waals surface area contributed by atoms with Gasteiger partial charge in [0, 0.05) is 0 Å². The van der Waals surface area contributed by atoms with Crippen LogP contribution in [0.2, 0.25) is 0 Å². The van der Waals surface area contributed by atoms with Crippen LogP contribution in [0, 0.1) is 17.2 Å². The Balaban J connectivity index is 2.00. The molecule has 0 unspecified atom stereocenters. The number of hydrogen-bond donors (Lipinski definition) is 0. The second-order valence-corrected chi connectivity index (χ2v) is 5.35. The van der Waals surface area contributed by atoms with Crippen molar-refractivity contribution in [3.8, 4) is 17.2 Å². The first-order chi connectivity index (χ1) is 9.36. The van der Waals surface area contributed by atoms with Crippen molar-refractivity contribution < 1.29 is 0 Å². The normalized spacial score (nSPS) is 14.7. The van der Waals surface area contributed by atoms with Gasteiger partial charge in [0.05, 0.1) is 11.6 Å². The molecule has 1 nitrogen and oxygen atoms in total. The Bertz CT molecular complexity index is 603. The molecule has 1 fully saturated rings. The summed E-state index contributed by atoms with van der Waals surface area (Å²) in [6.07, 6.45) is 5.15. The highest BCUT2D eigenvalue weighted by molar-refractivity contribution is 5.68. The fourth-order valence-corrected chi connectivity index (χ4v) is 2.74. The van der Waals surface area contributed by atoms with Crippen LogP contribution in [0.4, 0.5) is 0 Å². The van der Waals surface area contributed by atoms with Crippen LogP contribution in [-0.2, 0) is 6.42 Å². The predicted molar refractivity (Wildman–Crippen MR) is 77.6 cm³/mol. The molecule has 19 heavy (non-hydrogen) atoms. The molecule has 1 aliphatic carbocycles. The number of hydrogen-bond acceptors (Lipinski definition) is 1. The van der Waals surface area contributed by atoms with Gasteiger partial charge >= 0.3 is 0 Å². The molecule has 0 amide bonds. The van der Waals surface area contributed by atoms with E-state index in [9.17, 15) is 0 Å². The van der Waals surface area contributed by atoms with E-state index in [0.717, 1.165) is 17.9 Å². The molecule has 3 rings (SSSR count). The average molecular weight is 247 g/mol. The van der Waals surface area contributed by atoms with E-state index in [1.54, 1.807) is 0 Å². The Hall–Kier alpha value is -2.07. The first-order valence-electron chi connectivity index (χ1n) is 6.95. The summed E-state index contributed by atoms with van der Waals surface area (Å²) in [5.74, 6) is 0.816. The predicted octanol–water partition coefficient (Wildman–Crippen LogP) is 4.57. The van der Waals surface area contributed by atoms with Crippen molar-refractivity contribution in [2.24, 2.45) is 5.92 Å². The second kappa shape index (κ2) is 5.28. The van der Waals surface area contributed by atoms with Crippen LogP contribution in [0.25, 0.3) is 11.1 Å². The lowest BCUT2D eigenvalue weighted by Gasteiger charge is -2.26. The van der Waals surface area contributed by atoms with Crippen molar-refractivity contribution in [3.63, 3.8) is 0 Å². The van der Waals surface area contributed by atoms with Gasteiger partial charge in [-0.25, -0.2) is 0 Å². The van der Waals surface area contributed by atoms with Crippen molar-refractivity contribution in [1.82, 2.24) is 0 Å². The molecule has 0 heterocycles. The zero-order chi connectivity index (χ0) is 13.1. The molecule has 0 atom stereocenters. The summed E-state index contributed by atoms with van der Waals surface area (Å²) in [7, 11) is 0. The maximum Gasteiger partial charge on any atom is 0.0991 e. The van der Waals surface area contributed by atoms with Gasteiger partial charge in [-0.2, -0.15) is 5.26 Å². The molecule has 0 radical (unpaired) electrons. The molecule has 0 saturated heterocycles. The summed E-state index contributed by atoms with van der Waals surface area (Å²) in [5.41, 5.74) is 4.64. The van der Waals surface area contributed by atoms with Gasteiger partial charge in [0.15, 0.2) is 0 Å². The molecule has 1 heteroatoms. The van der Waals surface area contributed by atoms with Crippen molar-refractivity contribution in [2.45, 2.75) is 25.7 Å². The zero-order valence-electron chi connectivity index (χ0n) is 11.0. The average Bonchev–Trinajstić information content (AvgIpc) is 2.43. The zero-order valence-corrected chi connectivity index (χ0v) is 11.0.